The Morgan fingerprint density at radius 2 is 1.44 bits per heavy atom. The van der Waals surface area contributed by atoms with Gasteiger partial charge in [-0.05, 0) is 23.9 Å². The fraction of sp³-hybridized carbons (Fsp3) is 0.250. The monoisotopic (exact) mass is 295 g/mol. The van der Waals surface area contributed by atoms with E-state index < -0.39 is 23.2 Å². The number of halogens is 7. The van der Waals surface area contributed by atoms with E-state index in [0.29, 0.717) is 0 Å². The highest BCUT2D eigenvalue weighted by atomic mass is 35.5. The quantitative estimate of drug-likeness (QED) is 0.544. The molecule has 0 aromatic heterocycles. The molecule has 0 aliphatic rings. The summed E-state index contributed by atoms with van der Waals surface area (Å²) >= 11 is 10.2. The summed E-state index contributed by atoms with van der Waals surface area (Å²) in [6.45, 7) is 0. The van der Waals surface area contributed by atoms with Crippen LogP contribution in [0.1, 0.15) is 0 Å². The molecule has 89 valence electrons. The average molecular weight is 296 g/mol. The van der Waals surface area contributed by atoms with Crippen LogP contribution in [0.5, 0.6) is 0 Å². The molecule has 16 heavy (non-hydrogen) atoms. The molecule has 0 fully saturated rings. The summed E-state index contributed by atoms with van der Waals surface area (Å²) in [6.07, 6.45) is -5.63. The molecule has 0 aliphatic heterocycles. The highest BCUT2D eigenvalue weighted by Crippen LogP contribution is 2.48. The maximum Gasteiger partial charge on any atom is 0.464 e. The first-order valence-corrected chi connectivity index (χ1v) is 5.21. The van der Waals surface area contributed by atoms with Gasteiger partial charge in [-0.15, -0.1) is 0 Å². The number of alkyl halides is 5. The van der Waals surface area contributed by atoms with E-state index in [1.807, 2.05) is 0 Å². The second-order valence-electron chi connectivity index (χ2n) is 2.63. The van der Waals surface area contributed by atoms with Gasteiger partial charge in [0.05, 0.1) is 10.0 Å². The molecule has 0 nitrogen and oxygen atoms in total. The molecule has 8 heteroatoms. The van der Waals surface area contributed by atoms with Gasteiger partial charge in [0.15, 0.2) is 0 Å². The van der Waals surface area contributed by atoms with E-state index in [9.17, 15) is 22.0 Å². The van der Waals surface area contributed by atoms with Crippen LogP contribution in [0.2, 0.25) is 10.0 Å². The first-order chi connectivity index (χ1) is 7.12. The van der Waals surface area contributed by atoms with Gasteiger partial charge < -0.3 is 0 Å². The van der Waals surface area contributed by atoms with Gasteiger partial charge in [0.2, 0.25) is 0 Å². The molecule has 0 aliphatic carbocycles. The van der Waals surface area contributed by atoms with Crippen LogP contribution < -0.4 is 0 Å². The molecule has 0 N–H and O–H groups in total. The van der Waals surface area contributed by atoms with Crippen molar-refractivity contribution in [1.82, 2.24) is 0 Å². The van der Waals surface area contributed by atoms with Crippen molar-refractivity contribution in [3.63, 3.8) is 0 Å². The maximum absolute atomic E-state index is 12.6. The van der Waals surface area contributed by atoms with E-state index in [2.05, 4.69) is 6.07 Å². The van der Waals surface area contributed by atoms with Gasteiger partial charge in [-0.3, -0.25) is 0 Å². The van der Waals surface area contributed by atoms with Gasteiger partial charge in [0, 0.05) is 11.0 Å². The third-order valence-corrected chi connectivity index (χ3v) is 2.72. The Hall–Kier alpha value is -0.200. The summed E-state index contributed by atoms with van der Waals surface area (Å²) in [7, 11) is 0. The Labute approximate surface area is 102 Å². The first-order valence-electron chi connectivity index (χ1n) is 3.64. The van der Waals surface area contributed by atoms with E-state index in [0.717, 1.165) is 12.1 Å². The van der Waals surface area contributed by atoms with Crippen LogP contribution in [0.25, 0.3) is 0 Å². The van der Waals surface area contributed by atoms with Crippen molar-refractivity contribution in [3.05, 3.63) is 28.2 Å². The summed E-state index contributed by atoms with van der Waals surface area (Å²) in [6, 6.07) is 4.18. The molecule has 0 unspecified atom stereocenters. The van der Waals surface area contributed by atoms with Crippen molar-refractivity contribution >= 4 is 35.0 Å². The largest absolute Gasteiger partial charge is 0.464 e. The van der Waals surface area contributed by atoms with E-state index in [4.69, 9.17) is 23.2 Å². The normalized spacial score (nSPS) is 12.9. The molecule has 0 atom stereocenters. The van der Waals surface area contributed by atoms with Crippen LogP contribution in [0.3, 0.4) is 0 Å². The number of benzene rings is 1. The van der Waals surface area contributed by atoms with Gasteiger partial charge in [-0.1, -0.05) is 23.2 Å². The second-order valence-corrected chi connectivity index (χ2v) is 4.63. The van der Waals surface area contributed by atoms with Gasteiger partial charge in [-0.2, -0.15) is 22.0 Å². The van der Waals surface area contributed by atoms with E-state index in [-0.39, 0.29) is 14.9 Å². The topological polar surface area (TPSA) is 0 Å². The average Bonchev–Trinajstić information content (AvgIpc) is 1.97. The predicted octanol–water partition coefficient (Wildman–Crippen LogP) is 5.04. The lowest BCUT2D eigenvalue weighted by molar-refractivity contribution is -0.237. The molecule has 0 spiro atoms. The fourth-order valence-electron chi connectivity index (χ4n) is 0.743. The molecule has 1 rings (SSSR count). The summed E-state index contributed by atoms with van der Waals surface area (Å²) < 4.78 is 60.9. The third-order valence-electron chi connectivity index (χ3n) is 1.35. The molecule has 1 aromatic rings. The lowest BCUT2D eigenvalue weighted by Crippen LogP contribution is -2.32. The van der Waals surface area contributed by atoms with Crippen molar-refractivity contribution in [2.45, 2.75) is 16.3 Å². The highest BCUT2D eigenvalue weighted by molar-refractivity contribution is 8.00. The van der Waals surface area contributed by atoms with Crippen LogP contribution in [0.4, 0.5) is 22.0 Å². The SMILES string of the molecule is FC(F)(F)C(F)(F)Sc1cc(Cl)[c]c(Cl)c1. The zero-order valence-electron chi connectivity index (χ0n) is 7.21. The van der Waals surface area contributed by atoms with Crippen LogP contribution in [-0.2, 0) is 0 Å². The zero-order valence-corrected chi connectivity index (χ0v) is 9.54. The zero-order chi connectivity index (χ0) is 12.6. The van der Waals surface area contributed by atoms with Crippen molar-refractivity contribution in [1.29, 1.82) is 0 Å². The lowest BCUT2D eigenvalue weighted by Gasteiger charge is -2.18. The molecule has 0 bridgehead atoms. The summed E-state index contributed by atoms with van der Waals surface area (Å²) in [5.41, 5.74) is 0. The van der Waals surface area contributed by atoms with E-state index in [1.54, 1.807) is 0 Å². The molecular formula is C8H2Cl2F5S. The van der Waals surface area contributed by atoms with Gasteiger partial charge in [-0.25, -0.2) is 0 Å². The molecular weight excluding hydrogens is 294 g/mol. The standard InChI is InChI=1S/C8H2Cl2F5S/c9-4-1-5(10)3-6(2-4)16-8(14,15)7(11,12)13/h2-3H. The molecule has 0 heterocycles. The van der Waals surface area contributed by atoms with Crippen molar-refractivity contribution < 1.29 is 22.0 Å². The number of hydrogen-bond donors (Lipinski definition) is 0. The molecule has 0 saturated carbocycles. The van der Waals surface area contributed by atoms with E-state index in [1.165, 1.54) is 0 Å². The number of rotatable bonds is 2. The highest BCUT2D eigenvalue weighted by Gasteiger charge is 2.58. The van der Waals surface area contributed by atoms with Crippen LogP contribution >= 0.6 is 35.0 Å². The third kappa shape index (κ3) is 3.40. The Morgan fingerprint density at radius 3 is 1.81 bits per heavy atom. The number of thioether (sulfide) groups is 1. The van der Waals surface area contributed by atoms with Gasteiger partial charge >= 0.3 is 11.4 Å². The Kier molecular flexibility index (Phi) is 3.97. The van der Waals surface area contributed by atoms with Crippen molar-refractivity contribution in [3.8, 4) is 0 Å². The minimum atomic E-state index is -5.63. The van der Waals surface area contributed by atoms with E-state index >= 15 is 0 Å². The maximum atomic E-state index is 12.6. The molecule has 0 saturated heterocycles. The fourth-order valence-corrected chi connectivity index (χ4v) is 2.12. The molecule has 0 amide bonds. The lowest BCUT2D eigenvalue weighted by atomic mass is 10.4. The Balaban J connectivity index is 2.96. The first kappa shape index (κ1) is 13.9. The predicted molar refractivity (Wildman–Crippen MR) is 52.2 cm³/mol. The van der Waals surface area contributed by atoms with Crippen LogP contribution in [0, 0.1) is 6.07 Å². The summed E-state index contributed by atoms with van der Waals surface area (Å²) in [5.74, 6) is 0. The Bertz CT molecular complexity index is 370. The summed E-state index contributed by atoms with van der Waals surface area (Å²) in [4.78, 5) is -0.379. The van der Waals surface area contributed by atoms with Gasteiger partial charge in [0.25, 0.3) is 0 Å². The second kappa shape index (κ2) is 4.58. The molecule has 1 aromatic carbocycles. The molecule has 1 radical (unpaired) electrons. The smallest absolute Gasteiger partial charge is 0.183 e. The van der Waals surface area contributed by atoms with Gasteiger partial charge in [0.1, 0.15) is 0 Å². The number of hydrogen-bond acceptors (Lipinski definition) is 1. The minimum Gasteiger partial charge on any atom is -0.183 e. The van der Waals surface area contributed by atoms with Crippen molar-refractivity contribution in [2.24, 2.45) is 0 Å². The van der Waals surface area contributed by atoms with Crippen LogP contribution in [0.15, 0.2) is 17.0 Å². The van der Waals surface area contributed by atoms with Crippen LogP contribution in [-0.4, -0.2) is 11.4 Å². The summed E-state index contributed by atoms with van der Waals surface area (Å²) in [5, 5.41) is -5.15. The van der Waals surface area contributed by atoms with Crippen molar-refractivity contribution in [2.75, 3.05) is 0 Å². The Morgan fingerprint density at radius 1 is 1.00 bits per heavy atom. The minimum absolute atomic E-state index is 0.132.